The van der Waals surface area contributed by atoms with Crippen molar-refractivity contribution in [2.24, 2.45) is 0 Å². The van der Waals surface area contributed by atoms with Gasteiger partial charge < -0.3 is 9.64 Å². The number of hydrogen-bond donors (Lipinski definition) is 0. The monoisotopic (exact) mass is 520 g/mol. The lowest BCUT2D eigenvalue weighted by Crippen LogP contribution is -2.54. The number of rotatable bonds is 5. The molecule has 1 amide bonds. The average molecular weight is 521 g/mol. The lowest BCUT2D eigenvalue weighted by Gasteiger charge is -2.41. The van der Waals surface area contributed by atoms with E-state index < -0.39 is 32.9 Å². The smallest absolute Gasteiger partial charge is 0.323 e. The predicted molar refractivity (Wildman–Crippen MR) is 138 cm³/mol. The van der Waals surface area contributed by atoms with E-state index in [-0.39, 0.29) is 25.0 Å². The summed E-state index contributed by atoms with van der Waals surface area (Å²) in [6, 6.07) is 5.04. The van der Waals surface area contributed by atoms with Gasteiger partial charge in [0, 0.05) is 24.8 Å². The molecule has 0 spiro atoms. The third-order valence-corrected chi connectivity index (χ3v) is 8.32. The minimum atomic E-state index is -3.81. The number of sulfonamides is 1. The highest BCUT2D eigenvalue weighted by Crippen LogP contribution is 2.37. The molecular weight excluding hydrogens is 488 g/mol. The van der Waals surface area contributed by atoms with Crippen molar-refractivity contribution in [3.8, 4) is 0 Å². The van der Waals surface area contributed by atoms with Crippen LogP contribution in [-0.4, -0.2) is 70.6 Å². The molecule has 190 valence electrons. The summed E-state index contributed by atoms with van der Waals surface area (Å²) in [6.07, 6.45) is 0.932. The topological polar surface area (TPSA) is 91.6 Å². The molecule has 3 rings (SSSR count). The molecule has 0 atom stereocenters. The maximum atomic E-state index is 13.4. The molecule has 0 radical (unpaired) electrons. The van der Waals surface area contributed by atoms with Gasteiger partial charge in [-0.1, -0.05) is 6.07 Å². The molecule has 0 saturated carbocycles. The molecule has 9 nitrogen and oxygen atoms in total. The molecular formula is C24H32N4O5S2. The summed E-state index contributed by atoms with van der Waals surface area (Å²) in [5, 5.41) is 0.366. The largest absolute Gasteiger partial charge is 0.459 e. The first-order chi connectivity index (χ1) is 16.1. The second-order valence-electron chi connectivity index (χ2n) is 10.4. The Labute approximate surface area is 212 Å². The van der Waals surface area contributed by atoms with E-state index in [9.17, 15) is 18.0 Å². The van der Waals surface area contributed by atoms with Gasteiger partial charge in [0.1, 0.15) is 11.1 Å². The van der Waals surface area contributed by atoms with Crippen LogP contribution in [0.15, 0.2) is 18.2 Å². The molecule has 0 N–H and O–H groups in total. The number of aryl methyl sites for hydroxylation is 1. The van der Waals surface area contributed by atoms with Gasteiger partial charge in [0.15, 0.2) is 16.6 Å². The van der Waals surface area contributed by atoms with Gasteiger partial charge in [-0.3, -0.25) is 14.5 Å². The van der Waals surface area contributed by atoms with Crippen LogP contribution in [-0.2, 0) is 24.3 Å². The minimum absolute atomic E-state index is 0.136. The van der Waals surface area contributed by atoms with Crippen LogP contribution in [0.25, 0.3) is 4.85 Å². The van der Waals surface area contributed by atoms with Gasteiger partial charge in [-0.2, -0.15) is 0 Å². The van der Waals surface area contributed by atoms with E-state index in [0.717, 1.165) is 5.56 Å². The third kappa shape index (κ3) is 5.50. The summed E-state index contributed by atoms with van der Waals surface area (Å²) in [6.45, 7) is 18.2. The van der Waals surface area contributed by atoms with Crippen molar-refractivity contribution in [3.05, 3.63) is 35.2 Å². The Morgan fingerprint density at radius 2 is 1.86 bits per heavy atom. The SMILES string of the molecule is [C-]#[N+]c1ccc(N2C(=O)C(C)(C)N(C3CCN(S(=O)(=O)CC(=O)OC(C)(C)C)CC3)C2=S)cc1C. The van der Waals surface area contributed by atoms with E-state index in [1.807, 2.05) is 25.7 Å². The summed E-state index contributed by atoms with van der Waals surface area (Å²) in [4.78, 5) is 32.4. The van der Waals surface area contributed by atoms with E-state index in [0.29, 0.717) is 29.3 Å². The highest BCUT2D eigenvalue weighted by molar-refractivity contribution is 7.89. The summed E-state index contributed by atoms with van der Waals surface area (Å²) >= 11 is 5.74. The van der Waals surface area contributed by atoms with Crippen molar-refractivity contribution in [1.82, 2.24) is 9.21 Å². The fourth-order valence-electron chi connectivity index (χ4n) is 4.54. The maximum Gasteiger partial charge on any atom is 0.323 e. The number of amides is 1. The molecule has 2 aliphatic rings. The first-order valence-electron chi connectivity index (χ1n) is 11.4. The summed E-state index contributed by atoms with van der Waals surface area (Å²) in [5.41, 5.74) is 0.211. The molecule has 2 fully saturated rings. The van der Waals surface area contributed by atoms with Gasteiger partial charge in [-0.15, -0.1) is 0 Å². The highest BCUT2D eigenvalue weighted by atomic mass is 32.2. The van der Waals surface area contributed by atoms with Crippen LogP contribution in [0.4, 0.5) is 11.4 Å². The fraction of sp³-hybridized carbons (Fsp3) is 0.583. The summed E-state index contributed by atoms with van der Waals surface area (Å²) < 4.78 is 32.0. The second-order valence-corrected chi connectivity index (χ2v) is 12.7. The van der Waals surface area contributed by atoms with Gasteiger partial charge in [0.05, 0.1) is 6.57 Å². The molecule has 2 saturated heterocycles. The Kier molecular flexibility index (Phi) is 7.33. The average Bonchev–Trinajstić information content (AvgIpc) is 2.90. The number of carbonyl (C=O) groups is 2. The predicted octanol–water partition coefficient (Wildman–Crippen LogP) is 3.39. The van der Waals surface area contributed by atoms with E-state index >= 15 is 0 Å². The third-order valence-electron chi connectivity index (χ3n) is 6.19. The van der Waals surface area contributed by atoms with Crippen LogP contribution < -0.4 is 4.90 Å². The molecule has 0 unspecified atom stereocenters. The van der Waals surface area contributed by atoms with E-state index in [1.54, 1.807) is 39.0 Å². The van der Waals surface area contributed by atoms with Crippen LogP contribution in [0, 0.1) is 13.5 Å². The Morgan fingerprint density at radius 3 is 2.37 bits per heavy atom. The van der Waals surface area contributed by atoms with E-state index in [2.05, 4.69) is 4.85 Å². The maximum absolute atomic E-state index is 13.4. The van der Waals surface area contributed by atoms with Crippen molar-refractivity contribution in [2.45, 2.75) is 71.6 Å². The zero-order chi connectivity index (χ0) is 26.3. The van der Waals surface area contributed by atoms with Gasteiger partial charge in [0.2, 0.25) is 10.0 Å². The number of anilines is 1. The Bertz CT molecular complexity index is 1190. The molecule has 11 heteroatoms. The first-order valence-corrected chi connectivity index (χ1v) is 13.5. The van der Waals surface area contributed by atoms with Crippen LogP contribution >= 0.6 is 12.2 Å². The van der Waals surface area contributed by atoms with Crippen molar-refractivity contribution < 1.29 is 22.7 Å². The number of nitrogens with zero attached hydrogens (tertiary/aromatic N) is 4. The van der Waals surface area contributed by atoms with Crippen LogP contribution in [0.3, 0.4) is 0 Å². The lowest BCUT2D eigenvalue weighted by molar-refractivity contribution is -0.151. The van der Waals surface area contributed by atoms with Crippen molar-refractivity contribution >= 4 is 50.6 Å². The summed E-state index contributed by atoms with van der Waals surface area (Å²) in [5.74, 6) is -1.64. The molecule has 1 aromatic carbocycles. The van der Waals surface area contributed by atoms with Gasteiger partial charge in [0.25, 0.3) is 5.91 Å². The van der Waals surface area contributed by atoms with Gasteiger partial charge in [-0.05, 0) is 84.3 Å². The molecule has 2 aliphatic heterocycles. The zero-order valence-electron chi connectivity index (χ0n) is 21.0. The lowest BCUT2D eigenvalue weighted by atomic mass is 9.97. The highest BCUT2D eigenvalue weighted by Gasteiger charge is 2.52. The normalized spacial score (nSPS) is 19.7. The number of piperidine rings is 1. The number of carbonyl (C=O) groups excluding carboxylic acids is 2. The molecule has 0 aromatic heterocycles. The van der Waals surface area contributed by atoms with Crippen LogP contribution in [0.1, 0.15) is 53.0 Å². The Balaban J connectivity index is 1.74. The quantitative estimate of drug-likeness (QED) is 0.334. The second kappa shape index (κ2) is 9.48. The Morgan fingerprint density at radius 1 is 1.26 bits per heavy atom. The number of thiocarbonyl (C=S) groups is 1. The summed E-state index contributed by atoms with van der Waals surface area (Å²) in [7, 11) is -3.81. The molecule has 35 heavy (non-hydrogen) atoms. The number of esters is 1. The molecule has 1 aromatic rings. The van der Waals surface area contributed by atoms with Crippen LogP contribution in [0.5, 0.6) is 0 Å². The standard InChI is InChI=1S/C24H32N4O5S2/c1-16-14-18(8-9-19(16)25-7)27-21(30)24(5,6)28(22(27)34)17-10-12-26(13-11-17)35(31,32)15-20(29)33-23(2,3)4/h8-9,14,17H,10-13,15H2,1-6H3. The molecule has 0 aliphatic carbocycles. The van der Waals surface area contributed by atoms with Crippen LogP contribution in [0.2, 0.25) is 0 Å². The van der Waals surface area contributed by atoms with Gasteiger partial charge in [-0.25, -0.2) is 17.6 Å². The van der Waals surface area contributed by atoms with Crippen molar-refractivity contribution in [2.75, 3.05) is 23.7 Å². The minimum Gasteiger partial charge on any atom is -0.459 e. The Hall–Kier alpha value is -2.55. The van der Waals surface area contributed by atoms with E-state index in [4.69, 9.17) is 23.5 Å². The zero-order valence-corrected chi connectivity index (χ0v) is 22.6. The fourth-order valence-corrected chi connectivity index (χ4v) is 6.42. The van der Waals surface area contributed by atoms with Gasteiger partial charge >= 0.3 is 5.97 Å². The molecule has 0 bridgehead atoms. The van der Waals surface area contributed by atoms with Crippen molar-refractivity contribution in [1.29, 1.82) is 0 Å². The molecule has 2 heterocycles. The number of hydrogen-bond acceptors (Lipinski definition) is 6. The van der Waals surface area contributed by atoms with Crippen molar-refractivity contribution in [3.63, 3.8) is 0 Å². The number of ether oxygens (including phenoxy) is 1. The number of benzene rings is 1. The first kappa shape index (κ1) is 27.0. The van der Waals surface area contributed by atoms with E-state index in [1.165, 1.54) is 9.21 Å².